The van der Waals surface area contributed by atoms with Crippen LogP contribution in [0.5, 0.6) is 0 Å². The van der Waals surface area contributed by atoms with Gasteiger partial charge in [-0.3, -0.25) is 19.2 Å². The number of epoxide rings is 2. The molecule has 4 heterocycles. The number of hydrogen-bond donors (Lipinski definition) is 4. The number of carboxylic acids is 4. The summed E-state index contributed by atoms with van der Waals surface area (Å²) in [4.78, 5) is 70.8. The number of carboxylic acid groups (broad SMARTS) is 4. The summed E-state index contributed by atoms with van der Waals surface area (Å²) >= 11 is 0. The quantitative estimate of drug-likeness (QED) is 0.251. The number of hydrogen-bond acceptors (Lipinski definition) is 8. The Morgan fingerprint density at radius 1 is 0.925 bits per heavy atom. The number of aliphatic carboxylic acids is 4. The SMILES string of the molecule is O=C(O)CCC(C(=O)O)N1CC23OC2C=CC=C3C1=O.O=C(O)CCC(C(=O)O)N1CC2=C(C1=O)C1OC1C=C2. The third-order valence-corrected chi connectivity index (χ3v) is 7.70. The lowest BCUT2D eigenvalue weighted by molar-refractivity contribution is -0.149. The predicted molar refractivity (Wildman–Crippen MR) is 130 cm³/mol. The Kier molecular flexibility index (Phi) is 6.84. The van der Waals surface area contributed by atoms with Crippen LogP contribution in [-0.2, 0) is 38.2 Å². The zero-order chi connectivity index (χ0) is 28.9. The number of nitrogens with zero attached hydrogens (tertiary/aromatic N) is 2. The van der Waals surface area contributed by atoms with Crippen molar-refractivity contribution in [3.8, 4) is 0 Å². The van der Waals surface area contributed by atoms with Gasteiger partial charge in [-0.15, -0.1) is 0 Å². The van der Waals surface area contributed by atoms with E-state index in [1.165, 1.54) is 9.80 Å². The summed E-state index contributed by atoms with van der Waals surface area (Å²) in [5, 5.41) is 35.8. The van der Waals surface area contributed by atoms with Crippen molar-refractivity contribution >= 4 is 35.7 Å². The molecule has 212 valence electrons. The van der Waals surface area contributed by atoms with Gasteiger partial charge in [0.25, 0.3) is 11.8 Å². The maximum atomic E-state index is 12.3. The molecule has 0 saturated carbocycles. The molecule has 0 aromatic carbocycles. The van der Waals surface area contributed by atoms with E-state index in [4.69, 9.17) is 19.7 Å². The first-order valence-corrected chi connectivity index (χ1v) is 12.6. The Labute approximate surface area is 226 Å². The molecule has 4 N–H and O–H groups in total. The van der Waals surface area contributed by atoms with Crippen molar-refractivity contribution in [1.82, 2.24) is 9.80 Å². The van der Waals surface area contributed by atoms with Crippen molar-refractivity contribution in [2.75, 3.05) is 13.1 Å². The second-order valence-corrected chi connectivity index (χ2v) is 10.2. The highest BCUT2D eigenvalue weighted by molar-refractivity contribution is 6.03. The van der Waals surface area contributed by atoms with Crippen molar-refractivity contribution < 1.29 is 58.7 Å². The molecule has 2 amide bonds. The summed E-state index contributed by atoms with van der Waals surface area (Å²) in [5.41, 5.74) is 1.06. The highest BCUT2D eigenvalue weighted by atomic mass is 16.6. The Bertz CT molecular complexity index is 1330. The number of carbonyl (C=O) groups is 6. The number of allylic oxidation sites excluding steroid dienone is 2. The van der Waals surface area contributed by atoms with Gasteiger partial charge >= 0.3 is 23.9 Å². The monoisotopic (exact) mass is 558 g/mol. The molecule has 0 aromatic rings. The minimum Gasteiger partial charge on any atom is -0.481 e. The fourth-order valence-corrected chi connectivity index (χ4v) is 5.58. The molecular formula is C26H26N2O12. The summed E-state index contributed by atoms with van der Waals surface area (Å²) in [7, 11) is 0. The standard InChI is InChI=1S/2C13H13NO6/c15-9(16)4-2-7(13(18)19)14-5-6-1-3-8-11(20-8)10(6)12(14)17;15-10(16)5-4-8(12(18)19)14-6-13-7(11(14)17)2-1-3-9(13)20-13/h1,3,7-8,11H,2,4-5H2,(H,15,16)(H,18,19);1-3,8-9H,4-6H2,(H,15,16)(H,18,19). The molecule has 0 radical (unpaired) electrons. The van der Waals surface area contributed by atoms with Crippen LogP contribution in [0.1, 0.15) is 25.7 Å². The van der Waals surface area contributed by atoms with Gasteiger partial charge < -0.3 is 39.7 Å². The van der Waals surface area contributed by atoms with Crippen molar-refractivity contribution in [3.05, 3.63) is 47.1 Å². The van der Waals surface area contributed by atoms with Crippen LogP contribution < -0.4 is 0 Å². The molecule has 40 heavy (non-hydrogen) atoms. The maximum absolute atomic E-state index is 12.3. The molecule has 0 bridgehead atoms. The van der Waals surface area contributed by atoms with Crippen molar-refractivity contribution in [1.29, 1.82) is 0 Å². The van der Waals surface area contributed by atoms with Crippen LogP contribution in [0.3, 0.4) is 0 Å². The highest BCUT2D eigenvalue weighted by Gasteiger charge is 2.67. The van der Waals surface area contributed by atoms with Gasteiger partial charge in [0.05, 0.1) is 17.7 Å². The molecule has 6 aliphatic rings. The van der Waals surface area contributed by atoms with E-state index in [1.807, 2.05) is 12.2 Å². The Balaban J connectivity index is 0.000000161. The van der Waals surface area contributed by atoms with Crippen molar-refractivity contribution in [2.24, 2.45) is 0 Å². The number of ether oxygens (including phenoxy) is 2. The number of fused-ring (bicyclic) bond motifs is 2. The van der Waals surface area contributed by atoms with E-state index in [9.17, 15) is 39.0 Å². The zero-order valence-corrected chi connectivity index (χ0v) is 21.0. The zero-order valence-electron chi connectivity index (χ0n) is 21.0. The van der Waals surface area contributed by atoms with E-state index in [2.05, 4.69) is 0 Å². The van der Waals surface area contributed by atoms with E-state index >= 15 is 0 Å². The van der Waals surface area contributed by atoms with Gasteiger partial charge in [-0.2, -0.15) is 0 Å². The van der Waals surface area contributed by atoms with Gasteiger partial charge in [0.15, 0.2) is 0 Å². The lowest BCUT2D eigenvalue weighted by Gasteiger charge is -2.24. The van der Waals surface area contributed by atoms with Crippen LogP contribution in [0.2, 0.25) is 0 Å². The molecule has 4 aliphatic heterocycles. The number of likely N-dealkylation sites (tertiary alicyclic amines) is 1. The van der Waals surface area contributed by atoms with Gasteiger partial charge in [0, 0.05) is 19.4 Å². The van der Waals surface area contributed by atoms with Crippen LogP contribution in [0.4, 0.5) is 0 Å². The molecular weight excluding hydrogens is 532 g/mol. The molecule has 14 heteroatoms. The van der Waals surface area contributed by atoms with Crippen LogP contribution in [0, 0.1) is 0 Å². The van der Waals surface area contributed by atoms with Crippen molar-refractivity contribution in [2.45, 2.75) is 61.7 Å². The molecule has 14 nitrogen and oxygen atoms in total. The first-order chi connectivity index (χ1) is 18.9. The molecule has 2 aliphatic carbocycles. The second-order valence-electron chi connectivity index (χ2n) is 10.2. The van der Waals surface area contributed by atoms with Crippen molar-refractivity contribution in [3.63, 3.8) is 0 Å². The van der Waals surface area contributed by atoms with Gasteiger partial charge in [-0.25, -0.2) is 9.59 Å². The third-order valence-electron chi connectivity index (χ3n) is 7.70. The Morgan fingerprint density at radius 3 is 2.12 bits per heavy atom. The number of rotatable bonds is 10. The minimum atomic E-state index is -1.19. The molecule has 6 rings (SSSR count). The van der Waals surface area contributed by atoms with Gasteiger partial charge in [0.2, 0.25) is 0 Å². The smallest absolute Gasteiger partial charge is 0.326 e. The van der Waals surface area contributed by atoms with Gasteiger partial charge in [-0.1, -0.05) is 30.4 Å². The summed E-state index contributed by atoms with van der Waals surface area (Å²) in [5.74, 6) is -5.27. The first-order valence-electron chi connectivity index (χ1n) is 12.6. The second kappa shape index (κ2) is 10.0. The summed E-state index contributed by atoms with van der Waals surface area (Å²) in [6, 6.07) is -2.25. The fraction of sp³-hybridized carbons (Fsp3) is 0.462. The van der Waals surface area contributed by atoms with Gasteiger partial charge in [-0.05, 0) is 18.4 Å². The average molecular weight is 558 g/mol. The Morgan fingerprint density at radius 2 is 1.55 bits per heavy atom. The summed E-state index contributed by atoms with van der Waals surface area (Å²) in [6.45, 7) is 0.372. The van der Waals surface area contributed by atoms with Crippen LogP contribution in [0.15, 0.2) is 47.1 Å². The molecule has 1 spiro atoms. The third kappa shape index (κ3) is 4.79. The van der Waals surface area contributed by atoms with E-state index < -0.39 is 41.6 Å². The normalized spacial score (nSPS) is 29.8. The lowest BCUT2D eigenvalue weighted by atomic mass is 9.94. The Hall–Kier alpha value is -4.30. The lowest BCUT2D eigenvalue weighted by Crippen LogP contribution is -2.43. The molecule has 6 unspecified atom stereocenters. The molecule has 3 fully saturated rings. The van der Waals surface area contributed by atoms with E-state index in [-0.39, 0.29) is 68.9 Å². The fourth-order valence-electron chi connectivity index (χ4n) is 5.58. The largest absolute Gasteiger partial charge is 0.481 e. The van der Waals surface area contributed by atoms with Crippen LogP contribution >= 0.6 is 0 Å². The molecule has 3 saturated heterocycles. The van der Waals surface area contributed by atoms with Crippen LogP contribution in [-0.4, -0.2) is 115 Å². The minimum absolute atomic E-state index is 0.0695. The summed E-state index contributed by atoms with van der Waals surface area (Å²) < 4.78 is 10.8. The highest BCUT2D eigenvalue weighted by Crippen LogP contribution is 2.51. The maximum Gasteiger partial charge on any atom is 0.326 e. The molecule has 6 atom stereocenters. The number of carbonyl (C=O) groups excluding carboxylic acids is 2. The van der Waals surface area contributed by atoms with Gasteiger partial charge in [0.1, 0.15) is 36.0 Å². The number of amides is 2. The predicted octanol–water partition coefficient (Wildman–Crippen LogP) is -0.439. The van der Waals surface area contributed by atoms with E-state index in [0.717, 1.165) is 5.57 Å². The first kappa shape index (κ1) is 27.3. The van der Waals surface area contributed by atoms with Crippen LogP contribution in [0.25, 0.3) is 0 Å². The average Bonchev–Trinajstić information content (AvgIpc) is 3.77. The summed E-state index contributed by atoms with van der Waals surface area (Å²) in [6.07, 6.45) is 7.54. The topological polar surface area (TPSA) is 215 Å². The molecule has 0 aromatic heterocycles. The van der Waals surface area contributed by atoms with E-state index in [0.29, 0.717) is 11.1 Å². The van der Waals surface area contributed by atoms with E-state index in [1.54, 1.807) is 18.2 Å².